The fraction of sp³-hybridized carbons (Fsp3) is 0.433. The van der Waals surface area contributed by atoms with E-state index in [0.717, 1.165) is 49.4 Å². The quantitative estimate of drug-likeness (QED) is 0.221. The van der Waals surface area contributed by atoms with Crippen LogP contribution < -0.4 is 4.74 Å². The molecular weight excluding hydrogens is 480 g/mol. The van der Waals surface area contributed by atoms with Crippen LogP contribution in [0.25, 0.3) is 11.4 Å². The average molecular weight is 519 g/mol. The Balaban J connectivity index is 1.78. The number of benzene rings is 1. The third-order valence-electron chi connectivity index (χ3n) is 7.28. The number of ketones is 1. The van der Waals surface area contributed by atoms with Gasteiger partial charge in [-0.05, 0) is 75.6 Å². The van der Waals surface area contributed by atoms with Crippen molar-refractivity contribution in [1.29, 1.82) is 0 Å². The van der Waals surface area contributed by atoms with Gasteiger partial charge in [-0.15, -0.1) is 0 Å². The summed E-state index contributed by atoms with van der Waals surface area (Å²) in [7, 11) is 0. The number of carbonyl (C=O) groups excluding carboxylic acids is 2. The van der Waals surface area contributed by atoms with Crippen molar-refractivity contribution in [1.82, 2.24) is 19.2 Å². The van der Waals surface area contributed by atoms with Crippen LogP contribution in [0.4, 0.5) is 0 Å². The number of hydrogen-bond acceptors (Lipinski definition) is 6. The molecule has 202 valence electrons. The van der Waals surface area contributed by atoms with Gasteiger partial charge >= 0.3 is 0 Å². The number of fused-ring (bicyclic) bond motifs is 1. The van der Waals surface area contributed by atoms with E-state index in [1.807, 2.05) is 67.8 Å². The zero-order chi connectivity index (χ0) is 27.4. The summed E-state index contributed by atoms with van der Waals surface area (Å²) in [6.45, 7) is 13.7. The highest BCUT2D eigenvalue weighted by molar-refractivity contribution is 6.46. The van der Waals surface area contributed by atoms with Crippen LogP contribution in [0, 0.1) is 13.8 Å². The van der Waals surface area contributed by atoms with Gasteiger partial charge in [0.2, 0.25) is 0 Å². The zero-order valence-electron chi connectivity index (χ0n) is 23.0. The minimum atomic E-state index is -0.711. The third kappa shape index (κ3) is 5.18. The van der Waals surface area contributed by atoms with Crippen LogP contribution in [0.3, 0.4) is 0 Å². The molecule has 1 atom stereocenters. The number of likely N-dealkylation sites (tertiary alicyclic amines) is 1. The molecular formula is C30H38N4O4. The molecule has 0 spiro atoms. The van der Waals surface area contributed by atoms with Gasteiger partial charge in [-0.2, -0.15) is 0 Å². The number of hydrogen-bond donors (Lipinski definition) is 1. The van der Waals surface area contributed by atoms with Gasteiger partial charge in [0.15, 0.2) is 5.76 Å². The number of aromatic nitrogens is 2. The molecule has 1 unspecified atom stereocenters. The Hall–Kier alpha value is -3.65. The van der Waals surface area contributed by atoms with E-state index in [1.54, 1.807) is 4.90 Å². The van der Waals surface area contributed by atoms with Crippen molar-refractivity contribution in [3.63, 3.8) is 0 Å². The lowest BCUT2D eigenvalue weighted by Gasteiger charge is -2.26. The highest BCUT2D eigenvalue weighted by Gasteiger charge is 2.46. The number of ether oxygens (including phenoxy) is 1. The van der Waals surface area contributed by atoms with E-state index in [9.17, 15) is 14.7 Å². The lowest BCUT2D eigenvalue weighted by molar-refractivity contribution is -0.140. The summed E-state index contributed by atoms with van der Waals surface area (Å²) in [6, 6.07) is 10.6. The van der Waals surface area contributed by atoms with Crippen LogP contribution in [0.1, 0.15) is 62.2 Å². The predicted octanol–water partition coefficient (Wildman–Crippen LogP) is 4.89. The second-order valence-electron chi connectivity index (χ2n) is 9.72. The van der Waals surface area contributed by atoms with Crippen molar-refractivity contribution >= 4 is 23.1 Å². The van der Waals surface area contributed by atoms with Gasteiger partial charge in [-0.25, -0.2) is 4.98 Å². The first kappa shape index (κ1) is 27.4. The topological polar surface area (TPSA) is 87.4 Å². The maximum atomic E-state index is 13.4. The minimum absolute atomic E-state index is 0.0734. The predicted molar refractivity (Wildman–Crippen MR) is 148 cm³/mol. The van der Waals surface area contributed by atoms with Gasteiger partial charge in [0.25, 0.3) is 11.7 Å². The molecule has 1 aromatic carbocycles. The Morgan fingerprint density at radius 1 is 1.08 bits per heavy atom. The van der Waals surface area contributed by atoms with Crippen LogP contribution in [0.2, 0.25) is 0 Å². The van der Waals surface area contributed by atoms with E-state index in [4.69, 9.17) is 4.74 Å². The molecule has 3 heterocycles. The van der Waals surface area contributed by atoms with E-state index in [0.29, 0.717) is 30.2 Å². The van der Waals surface area contributed by atoms with E-state index in [-0.39, 0.29) is 11.3 Å². The molecule has 1 saturated heterocycles. The summed E-state index contributed by atoms with van der Waals surface area (Å²) in [4.78, 5) is 35.3. The van der Waals surface area contributed by atoms with Crippen molar-refractivity contribution in [3.8, 4) is 5.75 Å². The average Bonchev–Trinajstić information content (AvgIpc) is 3.40. The van der Waals surface area contributed by atoms with Gasteiger partial charge in [-0.1, -0.05) is 39.0 Å². The molecule has 1 amide bonds. The number of aryl methyl sites for hydroxylation is 2. The van der Waals surface area contributed by atoms with Crippen LogP contribution in [0.5, 0.6) is 5.75 Å². The fourth-order valence-corrected chi connectivity index (χ4v) is 5.10. The molecule has 0 aliphatic carbocycles. The number of pyridine rings is 1. The molecule has 38 heavy (non-hydrogen) atoms. The Morgan fingerprint density at radius 2 is 1.79 bits per heavy atom. The lowest BCUT2D eigenvalue weighted by Crippen LogP contribution is -2.33. The first-order chi connectivity index (χ1) is 18.3. The standard InChI is InChI=1S/C30H38N4O4/c1-6-19-38-23-14-12-22(13-15-23)26-24(28(36)30(37)34(26)18-10-16-32(7-2)8-3)27(35)25-21(5)33-17-9-11-20(4)29(33)31-25/h9,11-15,17,26,35H,6-8,10,16,18-19H2,1-5H3. The molecule has 8 heteroatoms. The summed E-state index contributed by atoms with van der Waals surface area (Å²) < 4.78 is 7.62. The minimum Gasteiger partial charge on any atom is -0.505 e. The molecule has 1 fully saturated rings. The van der Waals surface area contributed by atoms with E-state index in [1.165, 1.54) is 0 Å². The van der Waals surface area contributed by atoms with E-state index >= 15 is 0 Å². The molecule has 4 rings (SSSR count). The summed E-state index contributed by atoms with van der Waals surface area (Å²) in [6.07, 6.45) is 3.49. The molecule has 0 saturated carbocycles. The first-order valence-corrected chi connectivity index (χ1v) is 13.5. The summed E-state index contributed by atoms with van der Waals surface area (Å²) >= 11 is 0. The van der Waals surface area contributed by atoms with Crippen LogP contribution >= 0.6 is 0 Å². The van der Waals surface area contributed by atoms with Crippen molar-refractivity contribution < 1.29 is 19.4 Å². The Labute approximate surface area is 224 Å². The molecule has 1 aliphatic rings. The smallest absolute Gasteiger partial charge is 0.295 e. The van der Waals surface area contributed by atoms with Crippen LogP contribution in [-0.4, -0.2) is 68.8 Å². The lowest BCUT2D eigenvalue weighted by atomic mass is 9.96. The largest absolute Gasteiger partial charge is 0.505 e. The SMILES string of the molecule is CCCOc1ccc(C2C(=C(O)c3nc4c(C)cccn4c3C)C(=O)C(=O)N2CCCN(CC)CC)cc1. The molecule has 3 aromatic rings. The molecule has 0 radical (unpaired) electrons. The number of nitrogens with zero attached hydrogens (tertiary/aromatic N) is 4. The van der Waals surface area contributed by atoms with Crippen molar-refractivity contribution in [2.75, 3.05) is 32.8 Å². The van der Waals surface area contributed by atoms with Crippen LogP contribution in [0.15, 0.2) is 48.2 Å². The summed E-state index contributed by atoms with van der Waals surface area (Å²) in [5.41, 5.74) is 3.49. The Bertz CT molecular complexity index is 1340. The van der Waals surface area contributed by atoms with Gasteiger partial charge in [0.05, 0.1) is 23.9 Å². The second-order valence-corrected chi connectivity index (χ2v) is 9.72. The summed E-state index contributed by atoms with van der Waals surface area (Å²) in [5.74, 6) is -0.804. The zero-order valence-corrected chi connectivity index (χ0v) is 23.0. The maximum absolute atomic E-state index is 13.4. The second kappa shape index (κ2) is 11.8. The van der Waals surface area contributed by atoms with Gasteiger partial charge in [0.1, 0.15) is 17.1 Å². The Morgan fingerprint density at radius 3 is 2.42 bits per heavy atom. The monoisotopic (exact) mass is 518 g/mol. The molecule has 0 bridgehead atoms. The number of Topliss-reactive ketones (excluding diaryl/α,β-unsaturated/α-hetero) is 1. The Kier molecular flexibility index (Phi) is 8.52. The number of amides is 1. The maximum Gasteiger partial charge on any atom is 0.295 e. The third-order valence-corrected chi connectivity index (χ3v) is 7.28. The fourth-order valence-electron chi connectivity index (χ4n) is 5.10. The van der Waals surface area contributed by atoms with Gasteiger partial charge < -0.3 is 24.0 Å². The number of rotatable bonds is 11. The number of aliphatic hydroxyl groups excluding tert-OH is 1. The van der Waals surface area contributed by atoms with E-state index in [2.05, 4.69) is 23.7 Å². The first-order valence-electron chi connectivity index (χ1n) is 13.5. The van der Waals surface area contributed by atoms with E-state index < -0.39 is 17.7 Å². The number of aliphatic hydroxyl groups is 1. The normalized spacial score (nSPS) is 17.2. The van der Waals surface area contributed by atoms with Gasteiger partial charge in [0, 0.05) is 12.7 Å². The van der Waals surface area contributed by atoms with Crippen LogP contribution in [-0.2, 0) is 9.59 Å². The summed E-state index contributed by atoms with van der Waals surface area (Å²) in [5, 5.41) is 11.6. The molecule has 1 aliphatic heterocycles. The van der Waals surface area contributed by atoms with Crippen molar-refractivity contribution in [2.24, 2.45) is 0 Å². The highest BCUT2D eigenvalue weighted by atomic mass is 16.5. The number of imidazole rings is 1. The number of carbonyl (C=O) groups is 2. The van der Waals surface area contributed by atoms with Crippen molar-refractivity contribution in [3.05, 3.63) is 70.7 Å². The van der Waals surface area contributed by atoms with Gasteiger partial charge in [-0.3, -0.25) is 9.59 Å². The molecule has 8 nitrogen and oxygen atoms in total. The molecule has 1 N–H and O–H groups in total. The molecule has 2 aromatic heterocycles. The highest BCUT2D eigenvalue weighted by Crippen LogP contribution is 2.40. The van der Waals surface area contributed by atoms with Crippen molar-refractivity contribution in [2.45, 2.75) is 53.5 Å².